The number of hydrogen-bond donors (Lipinski definition) is 1. The predicted molar refractivity (Wildman–Crippen MR) is 97.6 cm³/mol. The van der Waals surface area contributed by atoms with Gasteiger partial charge in [-0.15, -0.1) is 0 Å². The van der Waals surface area contributed by atoms with Crippen LogP contribution in [0.2, 0.25) is 0 Å². The van der Waals surface area contributed by atoms with Crippen molar-refractivity contribution in [1.82, 2.24) is 14.7 Å². The Hall–Kier alpha value is -2.41. The van der Waals surface area contributed by atoms with Crippen LogP contribution in [0.25, 0.3) is 0 Å². The highest BCUT2D eigenvalue weighted by molar-refractivity contribution is 5.92. The molecular formula is C19H25FN4O2. The number of halogens is 1. The second kappa shape index (κ2) is 8.31. The fourth-order valence-electron chi connectivity index (χ4n) is 3.21. The van der Waals surface area contributed by atoms with Crippen LogP contribution in [-0.4, -0.2) is 46.8 Å². The molecule has 6 nitrogen and oxygen atoms in total. The summed E-state index contributed by atoms with van der Waals surface area (Å²) in [6, 6.07) is 6.44. The molecule has 2 heterocycles. The number of ether oxygens (including phenoxy) is 1. The fraction of sp³-hybridized carbons (Fsp3) is 0.474. The number of amides is 1. The monoisotopic (exact) mass is 360 g/mol. The van der Waals surface area contributed by atoms with Gasteiger partial charge in [-0.1, -0.05) is 12.1 Å². The van der Waals surface area contributed by atoms with E-state index in [9.17, 15) is 9.18 Å². The zero-order valence-electron chi connectivity index (χ0n) is 15.2. The van der Waals surface area contributed by atoms with Crippen LogP contribution in [0.3, 0.4) is 0 Å². The van der Waals surface area contributed by atoms with Crippen LogP contribution in [0, 0.1) is 18.7 Å². The van der Waals surface area contributed by atoms with Crippen molar-refractivity contribution in [3.63, 3.8) is 0 Å². The molecule has 1 aliphatic rings. The molecule has 0 spiro atoms. The summed E-state index contributed by atoms with van der Waals surface area (Å²) in [5.41, 5.74) is 1.67. The van der Waals surface area contributed by atoms with E-state index in [1.807, 2.05) is 14.0 Å². The highest BCUT2D eigenvalue weighted by atomic mass is 19.1. The molecule has 0 bridgehead atoms. The number of hydrogen-bond acceptors (Lipinski definition) is 4. The molecule has 1 fully saturated rings. The van der Waals surface area contributed by atoms with Crippen LogP contribution >= 0.6 is 0 Å². The zero-order valence-corrected chi connectivity index (χ0v) is 15.2. The number of likely N-dealkylation sites (tertiary alicyclic amines) is 1. The van der Waals surface area contributed by atoms with Crippen LogP contribution in [0.15, 0.2) is 30.5 Å². The number of carbonyl (C=O) groups is 1. The molecule has 1 amide bonds. The SMILES string of the molecule is Cc1c(NC(=O)CN2CCCC(COc3ccccc3F)C2)cnn1C. The van der Waals surface area contributed by atoms with Crippen LogP contribution in [0.4, 0.5) is 10.1 Å². The van der Waals surface area contributed by atoms with Crippen molar-refractivity contribution >= 4 is 11.6 Å². The van der Waals surface area contributed by atoms with Gasteiger partial charge in [-0.25, -0.2) is 4.39 Å². The number of rotatable bonds is 6. The Labute approximate surface area is 152 Å². The van der Waals surface area contributed by atoms with Crippen LogP contribution in [-0.2, 0) is 11.8 Å². The summed E-state index contributed by atoms with van der Waals surface area (Å²) in [4.78, 5) is 14.4. The minimum atomic E-state index is -0.341. The normalized spacial score (nSPS) is 17.9. The Morgan fingerprint density at radius 1 is 1.42 bits per heavy atom. The maximum atomic E-state index is 13.6. The third-order valence-electron chi connectivity index (χ3n) is 4.79. The Bertz CT molecular complexity index is 762. The summed E-state index contributed by atoms with van der Waals surface area (Å²) in [6.45, 7) is 4.37. The van der Waals surface area contributed by atoms with Gasteiger partial charge in [0.05, 0.1) is 30.7 Å². The molecule has 7 heteroatoms. The third kappa shape index (κ3) is 4.60. The lowest BCUT2D eigenvalue weighted by Crippen LogP contribution is -2.42. The molecule has 3 rings (SSSR count). The number of carbonyl (C=O) groups excluding carboxylic acids is 1. The summed E-state index contributed by atoms with van der Waals surface area (Å²) in [5.74, 6) is 0.189. The van der Waals surface area contributed by atoms with Gasteiger partial charge in [0.2, 0.25) is 5.91 Å². The molecule has 1 aromatic heterocycles. The van der Waals surface area contributed by atoms with Crippen molar-refractivity contribution in [3.8, 4) is 5.75 Å². The largest absolute Gasteiger partial charge is 0.490 e. The first-order chi connectivity index (χ1) is 12.5. The van der Waals surface area contributed by atoms with Gasteiger partial charge >= 0.3 is 0 Å². The Kier molecular flexibility index (Phi) is 5.88. The Morgan fingerprint density at radius 2 is 2.23 bits per heavy atom. The molecule has 0 radical (unpaired) electrons. The zero-order chi connectivity index (χ0) is 18.5. The average molecular weight is 360 g/mol. The molecule has 0 aliphatic carbocycles. The molecule has 1 atom stereocenters. The van der Waals surface area contributed by atoms with E-state index in [-0.39, 0.29) is 23.4 Å². The van der Waals surface area contributed by atoms with Crippen molar-refractivity contribution in [2.24, 2.45) is 13.0 Å². The van der Waals surface area contributed by atoms with Gasteiger partial charge in [-0.05, 0) is 38.4 Å². The van der Waals surface area contributed by atoms with Gasteiger partial charge in [0.1, 0.15) is 0 Å². The van der Waals surface area contributed by atoms with E-state index in [0.29, 0.717) is 13.2 Å². The second-order valence-electron chi connectivity index (χ2n) is 6.80. The molecule has 26 heavy (non-hydrogen) atoms. The lowest BCUT2D eigenvalue weighted by molar-refractivity contribution is -0.117. The topological polar surface area (TPSA) is 59.4 Å². The van der Waals surface area contributed by atoms with Crippen molar-refractivity contribution in [3.05, 3.63) is 42.0 Å². The van der Waals surface area contributed by atoms with E-state index in [1.165, 1.54) is 6.07 Å². The molecule has 1 unspecified atom stereocenters. The summed E-state index contributed by atoms with van der Waals surface area (Å²) in [6.07, 6.45) is 3.69. The van der Waals surface area contributed by atoms with Gasteiger partial charge < -0.3 is 10.1 Å². The van der Waals surface area contributed by atoms with E-state index in [2.05, 4.69) is 15.3 Å². The number of aromatic nitrogens is 2. The number of piperidine rings is 1. The first kappa shape index (κ1) is 18.4. The number of anilines is 1. The van der Waals surface area contributed by atoms with Gasteiger partial charge in [0.15, 0.2) is 11.6 Å². The number of aryl methyl sites for hydroxylation is 1. The van der Waals surface area contributed by atoms with Gasteiger partial charge in [-0.2, -0.15) is 5.10 Å². The summed E-state index contributed by atoms with van der Waals surface area (Å²) >= 11 is 0. The average Bonchev–Trinajstić information content (AvgIpc) is 2.93. The second-order valence-corrected chi connectivity index (χ2v) is 6.80. The smallest absolute Gasteiger partial charge is 0.238 e. The summed E-state index contributed by atoms with van der Waals surface area (Å²) in [5, 5.41) is 7.04. The van der Waals surface area contributed by atoms with Crippen molar-refractivity contribution in [2.45, 2.75) is 19.8 Å². The standard InChI is InChI=1S/C19H25FN4O2/c1-14-17(10-21-23(14)2)22-19(25)12-24-9-5-6-15(11-24)13-26-18-8-4-3-7-16(18)20/h3-4,7-8,10,15H,5-6,9,11-13H2,1-2H3,(H,22,25). The van der Waals surface area contributed by atoms with E-state index in [1.54, 1.807) is 29.1 Å². The number of nitrogens with one attached hydrogen (secondary N) is 1. The van der Waals surface area contributed by atoms with Crippen LogP contribution < -0.4 is 10.1 Å². The van der Waals surface area contributed by atoms with Gasteiger partial charge in [0, 0.05) is 19.5 Å². The summed E-state index contributed by atoms with van der Waals surface area (Å²) in [7, 11) is 1.84. The quantitative estimate of drug-likeness (QED) is 0.860. The third-order valence-corrected chi connectivity index (χ3v) is 4.79. The van der Waals surface area contributed by atoms with Gasteiger partial charge in [-0.3, -0.25) is 14.4 Å². The highest BCUT2D eigenvalue weighted by Crippen LogP contribution is 2.21. The highest BCUT2D eigenvalue weighted by Gasteiger charge is 2.23. The van der Waals surface area contributed by atoms with Crippen molar-refractivity contribution < 1.29 is 13.9 Å². The molecular weight excluding hydrogens is 335 g/mol. The first-order valence-electron chi connectivity index (χ1n) is 8.91. The van der Waals surface area contributed by atoms with Crippen molar-refractivity contribution in [1.29, 1.82) is 0 Å². The molecule has 1 N–H and O–H groups in total. The van der Waals surface area contributed by atoms with Crippen molar-refractivity contribution in [2.75, 3.05) is 31.6 Å². The van der Waals surface area contributed by atoms with E-state index >= 15 is 0 Å². The van der Waals surface area contributed by atoms with Crippen LogP contribution in [0.5, 0.6) is 5.75 Å². The number of benzene rings is 1. The number of para-hydroxylation sites is 1. The Balaban J connectivity index is 1.48. The molecule has 1 aromatic carbocycles. The molecule has 1 aliphatic heterocycles. The first-order valence-corrected chi connectivity index (χ1v) is 8.91. The molecule has 140 valence electrons. The lowest BCUT2D eigenvalue weighted by Gasteiger charge is -2.32. The van der Waals surface area contributed by atoms with E-state index in [0.717, 1.165) is 37.3 Å². The summed E-state index contributed by atoms with van der Waals surface area (Å²) < 4.78 is 21.0. The Morgan fingerprint density at radius 3 is 2.96 bits per heavy atom. The maximum absolute atomic E-state index is 13.6. The molecule has 1 saturated heterocycles. The van der Waals surface area contributed by atoms with E-state index in [4.69, 9.17) is 4.74 Å². The van der Waals surface area contributed by atoms with Gasteiger partial charge in [0.25, 0.3) is 0 Å². The minimum absolute atomic E-state index is 0.0447. The van der Waals surface area contributed by atoms with E-state index < -0.39 is 0 Å². The number of nitrogens with zero attached hydrogens (tertiary/aromatic N) is 3. The molecule has 0 saturated carbocycles. The molecule has 2 aromatic rings. The maximum Gasteiger partial charge on any atom is 0.238 e. The van der Waals surface area contributed by atoms with Crippen LogP contribution in [0.1, 0.15) is 18.5 Å². The lowest BCUT2D eigenvalue weighted by atomic mass is 9.99. The minimum Gasteiger partial charge on any atom is -0.490 e. The fourth-order valence-corrected chi connectivity index (χ4v) is 3.21. The predicted octanol–water partition coefficient (Wildman–Crippen LogP) is 2.60.